The van der Waals surface area contributed by atoms with E-state index in [1.165, 1.54) is 50.6 Å². The highest BCUT2D eigenvalue weighted by molar-refractivity contribution is 5.83. The van der Waals surface area contributed by atoms with E-state index in [0.29, 0.717) is 5.56 Å². The number of aromatic nitrogens is 2. The van der Waals surface area contributed by atoms with E-state index in [1.807, 2.05) is 13.8 Å². The Balaban J connectivity index is 0.000000375. The Morgan fingerprint density at radius 2 is 1.61 bits per heavy atom. The molecule has 0 aliphatic rings. The smallest absolute Gasteiger partial charge is 0.159 e. The monoisotopic (exact) mass is 636 g/mol. The third-order valence-corrected chi connectivity index (χ3v) is 7.76. The van der Waals surface area contributed by atoms with Crippen molar-refractivity contribution < 1.29 is 13.6 Å². The van der Waals surface area contributed by atoms with Crippen molar-refractivity contribution in [3.63, 3.8) is 0 Å². The molecule has 46 heavy (non-hydrogen) atoms. The van der Waals surface area contributed by atoms with Crippen LogP contribution in [0.25, 0.3) is 0 Å². The van der Waals surface area contributed by atoms with Gasteiger partial charge in [-0.2, -0.15) is 0 Å². The van der Waals surface area contributed by atoms with Crippen molar-refractivity contribution in [1.29, 1.82) is 0 Å². The standard InChI is InChI=1S/C18H28N2.C13H12F2N2O.C8H18/c1-14(2)17(20-15(3)18(4,5)19)13-9-12-16-10-7-6-8-11-16;1-8-6-17(7-16-8)13(9(2)18)10-3-4-11(14)12(15)5-10;1-4-6-8(3)7-5-2/h6-8,10-11,17,20H,1,3,9,12-13,19H2,2,4-5H3;3-7,13H,1-2H3;8H,4-7H2,1-3H3. The van der Waals surface area contributed by atoms with Gasteiger partial charge in [0.1, 0.15) is 6.04 Å². The van der Waals surface area contributed by atoms with E-state index in [2.05, 4.69) is 81.5 Å². The number of carbonyl (C=O) groups excluding carboxylic acids is 1. The molecule has 3 aromatic rings. The molecular formula is C39H58F2N4O. The summed E-state index contributed by atoms with van der Waals surface area (Å²) in [5.41, 5.74) is 10.2. The second kappa shape index (κ2) is 20.5. The van der Waals surface area contributed by atoms with Crippen LogP contribution in [0.15, 0.2) is 85.5 Å². The lowest BCUT2D eigenvalue weighted by Crippen LogP contribution is -2.44. The van der Waals surface area contributed by atoms with E-state index in [0.717, 1.165) is 54.3 Å². The molecule has 0 fully saturated rings. The molecule has 254 valence electrons. The maximum absolute atomic E-state index is 13.2. The Morgan fingerprint density at radius 1 is 1.00 bits per heavy atom. The molecule has 1 heterocycles. The average Bonchev–Trinajstić information content (AvgIpc) is 3.40. The number of Topliss-reactive ketones (excluding diaryl/α,β-unsaturated/α-hetero) is 1. The predicted molar refractivity (Wildman–Crippen MR) is 190 cm³/mol. The number of benzene rings is 2. The van der Waals surface area contributed by atoms with Crippen LogP contribution in [0.2, 0.25) is 0 Å². The van der Waals surface area contributed by atoms with E-state index < -0.39 is 23.2 Å². The van der Waals surface area contributed by atoms with Crippen molar-refractivity contribution in [3.8, 4) is 0 Å². The van der Waals surface area contributed by atoms with E-state index in [1.54, 1.807) is 17.7 Å². The van der Waals surface area contributed by atoms with Crippen molar-refractivity contribution in [2.45, 2.75) is 118 Å². The molecule has 0 bridgehead atoms. The first kappa shape index (κ1) is 40.4. The molecule has 2 aromatic carbocycles. The predicted octanol–water partition coefficient (Wildman–Crippen LogP) is 9.67. The van der Waals surface area contributed by atoms with Crippen molar-refractivity contribution >= 4 is 5.78 Å². The van der Waals surface area contributed by atoms with Gasteiger partial charge in [0.05, 0.1) is 12.0 Å². The van der Waals surface area contributed by atoms with Crippen LogP contribution in [-0.2, 0) is 11.2 Å². The molecule has 3 N–H and O–H groups in total. The molecule has 2 unspecified atom stereocenters. The topological polar surface area (TPSA) is 72.9 Å². The zero-order valence-corrected chi connectivity index (χ0v) is 29.5. The minimum atomic E-state index is -0.962. The quantitative estimate of drug-likeness (QED) is 0.163. The Hall–Kier alpha value is -3.58. The summed E-state index contributed by atoms with van der Waals surface area (Å²) in [4.78, 5) is 15.7. The number of rotatable bonds is 15. The Bertz CT molecular complexity index is 1340. The van der Waals surface area contributed by atoms with E-state index >= 15 is 0 Å². The molecule has 0 amide bonds. The molecule has 3 rings (SSSR count). The van der Waals surface area contributed by atoms with Gasteiger partial charge in [0.2, 0.25) is 0 Å². The lowest BCUT2D eigenvalue weighted by Gasteiger charge is -2.29. The van der Waals surface area contributed by atoms with Gasteiger partial charge in [0.15, 0.2) is 17.4 Å². The number of aryl methyl sites for hydroxylation is 2. The van der Waals surface area contributed by atoms with Gasteiger partial charge in [-0.25, -0.2) is 13.8 Å². The fourth-order valence-corrected chi connectivity index (χ4v) is 5.00. The van der Waals surface area contributed by atoms with Gasteiger partial charge >= 0.3 is 0 Å². The molecule has 7 heteroatoms. The van der Waals surface area contributed by atoms with Crippen LogP contribution in [0.5, 0.6) is 0 Å². The Morgan fingerprint density at radius 3 is 2.07 bits per heavy atom. The molecule has 0 aliphatic heterocycles. The number of nitrogens with two attached hydrogens (primary N) is 1. The first-order chi connectivity index (χ1) is 21.6. The molecule has 0 saturated carbocycles. The minimum absolute atomic E-state index is 0.168. The number of hydrogen-bond donors (Lipinski definition) is 2. The third-order valence-electron chi connectivity index (χ3n) is 7.76. The van der Waals surface area contributed by atoms with Gasteiger partial charge in [-0.3, -0.25) is 4.79 Å². The maximum Gasteiger partial charge on any atom is 0.159 e. The average molecular weight is 637 g/mol. The van der Waals surface area contributed by atoms with Gasteiger partial charge in [-0.1, -0.05) is 102 Å². The number of imidazole rings is 1. The molecule has 0 radical (unpaired) electrons. The summed E-state index contributed by atoms with van der Waals surface area (Å²) in [6, 6.07) is 13.6. The maximum atomic E-state index is 13.2. The Kier molecular flexibility index (Phi) is 18.0. The summed E-state index contributed by atoms with van der Waals surface area (Å²) in [5.74, 6) is -1.10. The van der Waals surface area contributed by atoms with Crippen LogP contribution in [0.3, 0.4) is 0 Å². The van der Waals surface area contributed by atoms with Crippen molar-refractivity contribution in [3.05, 3.63) is 114 Å². The van der Waals surface area contributed by atoms with Gasteiger partial charge in [-0.15, -0.1) is 0 Å². The molecule has 2 atom stereocenters. The summed E-state index contributed by atoms with van der Waals surface area (Å²) >= 11 is 0. The first-order valence-corrected chi connectivity index (χ1v) is 16.5. The van der Waals surface area contributed by atoms with Gasteiger partial charge in [-0.05, 0) is 83.1 Å². The number of nitrogens with one attached hydrogen (secondary N) is 1. The molecule has 0 spiro atoms. The number of carbonyl (C=O) groups is 1. The summed E-state index contributed by atoms with van der Waals surface area (Å²) in [6.45, 7) is 24.1. The summed E-state index contributed by atoms with van der Waals surface area (Å²) in [7, 11) is 0. The van der Waals surface area contributed by atoms with Crippen LogP contribution in [0.1, 0.15) is 110 Å². The molecule has 5 nitrogen and oxygen atoms in total. The fraction of sp³-hybridized carbons (Fsp3) is 0.487. The van der Waals surface area contributed by atoms with Crippen LogP contribution in [0.4, 0.5) is 8.78 Å². The van der Waals surface area contributed by atoms with Crippen molar-refractivity contribution in [2.75, 3.05) is 0 Å². The number of halogens is 2. The van der Waals surface area contributed by atoms with Crippen LogP contribution < -0.4 is 11.1 Å². The SMILES string of the molecule is C=C(C)C(CCCc1ccccc1)NC(=C)C(C)(C)N.CC(=O)C(c1ccc(F)c(F)c1)n1cnc(C)c1.CCCC(C)CCC. The van der Waals surface area contributed by atoms with Crippen LogP contribution in [0, 0.1) is 24.5 Å². The lowest BCUT2D eigenvalue weighted by atomic mass is 9.97. The highest BCUT2D eigenvalue weighted by Crippen LogP contribution is 2.22. The number of ketones is 1. The summed E-state index contributed by atoms with van der Waals surface area (Å²) in [6.07, 6.45) is 12.0. The highest BCUT2D eigenvalue weighted by atomic mass is 19.2. The van der Waals surface area contributed by atoms with Crippen molar-refractivity contribution in [1.82, 2.24) is 14.9 Å². The van der Waals surface area contributed by atoms with E-state index in [-0.39, 0.29) is 11.8 Å². The van der Waals surface area contributed by atoms with Crippen molar-refractivity contribution in [2.24, 2.45) is 11.7 Å². The largest absolute Gasteiger partial charge is 0.381 e. The van der Waals surface area contributed by atoms with Crippen LogP contribution >= 0.6 is 0 Å². The summed E-state index contributed by atoms with van der Waals surface area (Å²) < 4.78 is 27.7. The third kappa shape index (κ3) is 15.1. The van der Waals surface area contributed by atoms with Gasteiger partial charge < -0.3 is 15.6 Å². The van der Waals surface area contributed by atoms with E-state index in [9.17, 15) is 13.6 Å². The Labute approximate surface area is 277 Å². The highest BCUT2D eigenvalue weighted by Gasteiger charge is 2.21. The lowest BCUT2D eigenvalue weighted by molar-refractivity contribution is -0.119. The first-order valence-electron chi connectivity index (χ1n) is 16.5. The fourth-order valence-electron chi connectivity index (χ4n) is 5.00. The molecule has 0 saturated heterocycles. The zero-order chi connectivity index (χ0) is 34.9. The number of hydrogen-bond acceptors (Lipinski definition) is 4. The second-order valence-electron chi connectivity index (χ2n) is 13.0. The molecule has 0 aliphatic carbocycles. The summed E-state index contributed by atoms with van der Waals surface area (Å²) in [5, 5.41) is 3.42. The minimum Gasteiger partial charge on any atom is -0.381 e. The molecule has 1 aromatic heterocycles. The van der Waals surface area contributed by atoms with E-state index in [4.69, 9.17) is 5.73 Å². The number of nitrogens with zero attached hydrogens (tertiary/aromatic N) is 2. The van der Waals surface area contributed by atoms with Gasteiger partial charge in [0.25, 0.3) is 0 Å². The van der Waals surface area contributed by atoms with Gasteiger partial charge in [0, 0.05) is 23.5 Å². The normalized spacial score (nSPS) is 12.3. The second-order valence-corrected chi connectivity index (χ2v) is 13.0. The van der Waals surface area contributed by atoms with Crippen LogP contribution in [-0.4, -0.2) is 26.9 Å². The molecular weight excluding hydrogens is 578 g/mol. The zero-order valence-electron chi connectivity index (χ0n) is 29.5.